The molecule has 1 fully saturated rings. The van der Waals surface area contributed by atoms with E-state index in [1.54, 1.807) is 18.3 Å². The van der Waals surface area contributed by atoms with Gasteiger partial charge in [-0.05, 0) is 66.8 Å². The number of nitrogens with zero attached hydrogens (tertiary/aromatic N) is 2. The molecule has 2 atom stereocenters. The maximum atomic E-state index is 12.2. The van der Waals surface area contributed by atoms with Crippen LogP contribution in [0.15, 0.2) is 87.9 Å². The van der Waals surface area contributed by atoms with Crippen molar-refractivity contribution in [3.8, 4) is 11.3 Å². The monoisotopic (exact) mass is 594 g/mol. The van der Waals surface area contributed by atoms with E-state index < -0.39 is 0 Å². The summed E-state index contributed by atoms with van der Waals surface area (Å²) >= 11 is 15.9. The van der Waals surface area contributed by atoms with Crippen molar-refractivity contribution in [2.24, 2.45) is 5.92 Å². The Hall–Kier alpha value is -3.20. The van der Waals surface area contributed by atoms with Crippen molar-refractivity contribution in [2.75, 3.05) is 10.2 Å². The van der Waals surface area contributed by atoms with Crippen LogP contribution in [0.1, 0.15) is 37.4 Å². The third-order valence-electron chi connectivity index (χ3n) is 6.16. The molecule has 1 amide bonds. The molecule has 9 heteroatoms. The molecule has 6 nitrogen and oxygen atoms in total. The smallest absolute Gasteiger partial charge is 0.226 e. The normalized spacial score (nSPS) is 17.2. The first kappa shape index (κ1) is 25.4. The summed E-state index contributed by atoms with van der Waals surface area (Å²) in [5.41, 5.74) is 3.13. The summed E-state index contributed by atoms with van der Waals surface area (Å²) in [6.07, 6.45) is 1.76. The van der Waals surface area contributed by atoms with Crippen molar-refractivity contribution < 1.29 is 9.21 Å². The van der Waals surface area contributed by atoms with Gasteiger partial charge in [-0.3, -0.25) is 9.78 Å². The van der Waals surface area contributed by atoms with Crippen LogP contribution in [0.25, 0.3) is 11.3 Å². The zero-order valence-corrected chi connectivity index (χ0v) is 23.3. The maximum absolute atomic E-state index is 12.2. The Morgan fingerprint density at radius 2 is 1.92 bits per heavy atom. The van der Waals surface area contributed by atoms with Gasteiger partial charge in [0.25, 0.3) is 0 Å². The number of halogens is 2. The maximum Gasteiger partial charge on any atom is 0.226 e. The lowest BCUT2D eigenvalue weighted by molar-refractivity contribution is -0.118. The number of aromatic nitrogens is 1. The van der Waals surface area contributed by atoms with Gasteiger partial charge in [-0.15, -0.1) is 0 Å². The number of rotatable bonds is 6. The molecule has 3 heterocycles. The van der Waals surface area contributed by atoms with Crippen molar-refractivity contribution in [3.05, 3.63) is 99.9 Å². The predicted molar refractivity (Wildman–Crippen MR) is 155 cm³/mol. The molecule has 1 saturated heterocycles. The van der Waals surface area contributed by atoms with Gasteiger partial charge >= 0.3 is 0 Å². The van der Waals surface area contributed by atoms with E-state index in [9.17, 15) is 4.79 Å². The van der Waals surface area contributed by atoms with Crippen LogP contribution in [-0.4, -0.2) is 16.0 Å². The standard InChI is InChI=1S/C28H24BrClN4O2S/c1-16(2)27(35)32-21-11-10-19(15-20(21)30)34-26(25(33-28(34)37)22-5-3-4-14-31-22)24-13-12-23(36-24)17-6-8-18(29)9-7-17/h3-16,25-26H,1-2H3,(H,32,35)(H,33,37). The molecule has 0 bridgehead atoms. The number of nitrogens with one attached hydrogen (secondary N) is 2. The lowest BCUT2D eigenvalue weighted by atomic mass is 10.0. The van der Waals surface area contributed by atoms with E-state index in [0.717, 1.165) is 32.9 Å². The molecule has 1 aliphatic rings. The highest BCUT2D eigenvalue weighted by molar-refractivity contribution is 9.10. The van der Waals surface area contributed by atoms with E-state index in [0.29, 0.717) is 15.8 Å². The van der Waals surface area contributed by atoms with Crippen molar-refractivity contribution >= 4 is 62.1 Å². The summed E-state index contributed by atoms with van der Waals surface area (Å²) in [6.45, 7) is 3.67. The molecular weight excluding hydrogens is 572 g/mol. The van der Waals surface area contributed by atoms with E-state index in [-0.39, 0.29) is 23.9 Å². The number of carbonyl (C=O) groups excluding carboxylic acids is 1. The molecule has 2 N–H and O–H groups in total. The molecule has 5 rings (SSSR count). The van der Waals surface area contributed by atoms with Gasteiger partial charge in [-0.2, -0.15) is 0 Å². The number of hydrogen-bond donors (Lipinski definition) is 2. The summed E-state index contributed by atoms with van der Waals surface area (Å²) in [4.78, 5) is 18.8. The number of benzene rings is 2. The lowest BCUT2D eigenvalue weighted by Crippen LogP contribution is -2.29. The minimum absolute atomic E-state index is 0.0999. The van der Waals surface area contributed by atoms with Crippen molar-refractivity contribution in [1.82, 2.24) is 10.3 Å². The van der Waals surface area contributed by atoms with Crippen LogP contribution in [0.2, 0.25) is 5.02 Å². The first-order valence-electron chi connectivity index (χ1n) is 11.8. The summed E-state index contributed by atoms with van der Waals surface area (Å²) < 4.78 is 7.40. The highest BCUT2D eigenvalue weighted by Gasteiger charge is 2.42. The molecule has 1 aliphatic heterocycles. The minimum Gasteiger partial charge on any atom is -0.459 e. The van der Waals surface area contributed by atoms with Crippen LogP contribution in [0.3, 0.4) is 0 Å². The first-order chi connectivity index (χ1) is 17.8. The molecule has 0 radical (unpaired) electrons. The van der Waals surface area contributed by atoms with E-state index in [1.165, 1.54) is 0 Å². The first-order valence-corrected chi connectivity index (χ1v) is 13.4. The molecule has 0 spiro atoms. The Morgan fingerprint density at radius 1 is 1.14 bits per heavy atom. The highest BCUT2D eigenvalue weighted by atomic mass is 79.9. The van der Waals surface area contributed by atoms with Gasteiger partial charge < -0.3 is 20.0 Å². The largest absolute Gasteiger partial charge is 0.459 e. The fourth-order valence-electron chi connectivity index (χ4n) is 4.24. The number of pyridine rings is 1. The summed E-state index contributed by atoms with van der Waals surface area (Å²) in [7, 11) is 0. The molecule has 0 saturated carbocycles. The van der Waals surface area contributed by atoms with E-state index in [4.69, 9.17) is 28.2 Å². The number of carbonyl (C=O) groups is 1. The van der Waals surface area contributed by atoms with E-state index in [1.807, 2.05) is 79.4 Å². The van der Waals surface area contributed by atoms with Gasteiger partial charge in [-0.1, -0.05) is 59.6 Å². The average molecular weight is 596 g/mol. The van der Waals surface area contributed by atoms with Crippen molar-refractivity contribution in [1.29, 1.82) is 0 Å². The minimum atomic E-state index is -0.321. The van der Waals surface area contributed by atoms with Crippen LogP contribution < -0.4 is 15.5 Å². The van der Waals surface area contributed by atoms with Crippen LogP contribution in [0.4, 0.5) is 11.4 Å². The molecule has 2 aromatic heterocycles. The zero-order valence-electron chi connectivity index (χ0n) is 20.1. The molecular formula is C28H24BrClN4O2S. The molecule has 2 unspecified atom stereocenters. The molecule has 4 aromatic rings. The Kier molecular flexibility index (Phi) is 7.33. The number of hydrogen-bond acceptors (Lipinski definition) is 4. The van der Waals surface area contributed by atoms with Gasteiger partial charge in [0.1, 0.15) is 17.6 Å². The van der Waals surface area contributed by atoms with Crippen LogP contribution in [0.5, 0.6) is 0 Å². The predicted octanol–water partition coefficient (Wildman–Crippen LogP) is 7.53. The number of thiocarbonyl (C=S) groups is 1. The van der Waals surface area contributed by atoms with Gasteiger partial charge in [0.05, 0.1) is 22.4 Å². The van der Waals surface area contributed by atoms with E-state index >= 15 is 0 Å². The average Bonchev–Trinajstić information content (AvgIpc) is 3.51. The SMILES string of the molecule is CC(C)C(=O)Nc1ccc(N2C(=S)NC(c3ccccn3)C2c2ccc(-c3ccc(Br)cc3)o2)cc1Cl. The summed E-state index contributed by atoms with van der Waals surface area (Å²) in [6, 6.07) is 22.6. The Labute approximate surface area is 234 Å². The third-order valence-corrected chi connectivity index (χ3v) is 7.31. The number of amides is 1. The van der Waals surface area contributed by atoms with Crippen LogP contribution in [0, 0.1) is 5.92 Å². The molecule has 37 heavy (non-hydrogen) atoms. The molecule has 188 valence electrons. The second-order valence-electron chi connectivity index (χ2n) is 9.01. The Balaban J connectivity index is 1.54. The quantitative estimate of drug-likeness (QED) is 0.225. The lowest BCUT2D eigenvalue weighted by Gasteiger charge is -2.26. The summed E-state index contributed by atoms with van der Waals surface area (Å²) in [5, 5.41) is 7.24. The topological polar surface area (TPSA) is 70.4 Å². The fourth-order valence-corrected chi connectivity index (χ4v) is 5.07. The van der Waals surface area contributed by atoms with Crippen molar-refractivity contribution in [2.45, 2.75) is 25.9 Å². The second-order valence-corrected chi connectivity index (χ2v) is 10.7. The van der Waals surface area contributed by atoms with Crippen LogP contribution >= 0.6 is 39.7 Å². The van der Waals surface area contributed by atoms with Gasteiger partial charge in [0.15, 0.2) is 5.11 Å². The highest BCUT2D eigenvalue weighted by Crippen LogP contribution is 2.44. The number of anilines is 2. The zero-order chi connectivity index (χ0) is 26.1. The molecule has 2 aromatic carbocycles. The van der Waals surface area contributed by atoms with Gasteiger partial charge in [-0.25, -0.2) is 0 Å². The second kappa shape index (κ2) is 10.7. The number of furan rings is 1. The Bertz CT molecular complexity index is 1440. The fraction of sp³-hybridized carbons (Fsp3) is 0.179. The van der Waals surface area contributed by atoms with Gasteiger partial charge in [0, 0.05) is 27.8 Å². The van der Waals surface area contributed by atoms with E-state index in [2.05, 4.69) is 31.5 Å². The van der Waals surface area contributed by atoms with Gasteiger partial charge in [0.2, 0.25) is 5.91 Å². The Morgan fingerprint density at radius 3 is 2.59 bits per heavy atom. The molecule has 0 aliphatic carbocycles. The van der Waals surface area contributed by atoms with Crippen LogP contribution in [-0.2, 0) is 4.79 Å². The summed E-state index contributed by atoms with van der Waals surface area (Å²) in [5.74, 6) is 1.23. The van der Waals surface area contributed by atoms with Crippen molar-refractivity contribution in [3.63, 3.8) is 0 Å². The third kappa shape index (κ3) is 5.28.